The van der Waals surface area contributed by atoms with Gasteiger partial charge in [0.2, 0.25) is 0 Å². The third-order valence-electron chi connectivity index (χ3n) is 8.84. The smallest absolute Gasteiger partial charge is 0.356 e. The third kappa shape index (κ3) is 13.4. The largest absolute Gasteiger partial charge is 0.360 e. The van der Waals surface area contributed by atoms with E-state index in [-0.39, 0.29) is 31.3 Å². The van der Waals surface area contributed by atoms with Crippen LogP contribution in [0.1, 0.15) is 178 Å². The van der Waals surface area contributed by atoms with E-state index in [9.17, 15) is 18.9 Å². The van der Waals surface area contributed by atoms with Gasteiger partial charge in [-0.25, -0.2) is 0 Å². The van der Waals surface area contributed by atoms with Crippen LogP contribution in [0.25, 0.3) is 0 Å². The molecule has 0 saturated carbocycles. The molecule has 7 nitrogen and oxygen atoms in total. The van der Waals surface area contributed by atoms with Gasteiger partial charge in [0, 0.05) is 0 Å². The zero-order valence-electron chi connectivity index (χ0n) is 28.6. The molecular formula is C32H68O7P2. The maximum absolute atomic E-state index is 14.1. The van der Waals surface area contributed by atoms with Gasteiger partial charge in [-0.1, -0.05) is 126 Å². The highest BCUT2D eigenvalue weighted by atomic mass is 31.2. The topological polar surface area (TPSA) is 102 Å². The Balaban J connectivity index is 5.95. The van der Waals surface area contributed by atoms with Crippen LogP contribution in [-0.2, 0) is 22.9 Å². The Morgan fingerprint density at radius 2 is 1.05 bits per heavy atom. The first-order chi connectivity index (χ1) is 19.0. The lowest BCUT2D eigenvalue weighted by molar-refractivity contribution is -0.124. The molecule has 0 aromatic heterocycles. The summed E-state index contributed by atoms with van der Waals surface area (Å²) in [6.07, 6.45) is 14.8. The maximum Gasteiger partial charge on any atom is 0.360 e. The molecule has 0 aliphatic rings. The van der Waals surface area contributed by atoms with Gasteiger partial charge in [-0.2, -0.15) is 0 Å². The van der Waals surface area contributed by atoms with Crippen molar-refractivity contribution in [2.24, 2.45) is 5.41 Å². The van der Waals surface area contributed by atoms with Crippen LogP contribution >= 0.6 is 15.2 Å². The Morgan fingerprint density at radius 1 is 0.585 bits per heavy atom. The van der Waals surface area contributed by atoms with Crippen LogP contribution in [0.4, 0.5) is 0 Å². The standard InChI is InChI=1S/C32H68O7P2/c1-11-17-20-22-24-27-30(9,26-19-13-3)38-31(10,14-4)40(33,34)39-32(15-5,16-6)41(35,36)37-28-29(7,8)25-23-21-18-12-2/h11-28H2,1-10H3,(H,33,34)(H,35,36). The average Bonchev–Trinajstić information content (AvgIpc) is 2.91. The molecule has 248 valence electrons. The molecule has 0 fully saturated rings. The molecule has 0 amide bonds. The van der Waals surface area contributed by atoms with Crippen molar-refractivity contribution >= 4 is 15.2 Å². The quantitative estimate of drug-likeness (QED) is 0.0727. The highest BCUT2D eigenvalue weighted by Gasteiger charge is 2.58. The molecule has 0 rings (SSSR count). The second kappa shape index (κ2) is 18.9. The second-order valence-electron chi connectivity index (χ2n) is 13.4. The number of rotatable bonds is 26. The molecule has 2 N–H and O–H groups in total. The van der Waals surface area contributed by atoms with Crippen LogP contribution in [0, 0.1) is 5.41 Å². The van der Waals surface area contributed by atoms with E-state index in [1.54, 1.807) is 20.8 Å². The Kier molecular flexibility index (Phi) is 19.0. The number of hydrogen-bond acceptors (Lipinski definition) is 5. The lowest BCUT2D eigenvalue weighted by atomic mass is 9.88. The van der Waals surface area contributed by atoms with E-state index in [4.69, 9.17) is 13.8 Å². The van der Waals surface area contributed by atoms with Gasteiger partial charge in [-0.3, -0.25) is 13.7 Å². The molecule has 0 radical (unpaired) electrons. The highest BCUT2D eigenvalue weighted by molar-refractivity contribution is 7.57. The monoisotopic (exact) mass is 626 g/mol. The van der Waals surface area contributed by atoms with Gasteiger partial charge in [0.15, 0.2) is 10.7 Å². The first-order valence-electron chi connectivity index (χ1n) is 16.7. The van der Waals surface area contributed by atoms with Crippen LogP contribution < -0.4 is 0 Å². The number of hydrogen-bond donors (Lipinski definition) is 2. The molecule has 9 heteroatoms. The summed E-state index contributed by atoms with van der Waals surface area (Å²) in [5, 5.41) is -3.34. The van der Waals surface area contributed by atoms with Gasteiger partial charge in [0.1, 0.15) is 0 Å². The fraction of sp³-hybridized carbons (Fsp3) is 1.00. The predicted octanol–water partition coefficient (Wildman–Crippen LogP) is 11.4. The SMILES string of the molecule is CCCCCCCC(C)(CCCC)OC(C)(CC)P(=O)(O)OC(CC)(CC)P(=O)(O)OCC(C)(C)CCCCCC. The summed E-state index contributed by atoms with van der Waals surface area (Å²) < 4.78 is 46.3. The van der Waals surface area contributed by atoms with Gasteiger partial charge in [0.25, 0.3) is 0 Å². The Morgan fingerprint density at radius 3 is 1.54 bits per heavy atom. The summed E-state index contributed by atoms with van der Waals surface area (Å²) in [7, 11) is -9.03. The molecule has 0 spiro atoms. The first kappa shape index (κ1) is 41.3. The third-order valence-corrected chi connectivity index (χ3v) is 13.4. The highest BCUT2D eigenvalue weighted by Crippen LogP contribution is 2.70. The first-order valence-corrected chi connectivity index (χ1v) is 19.9. The molecule has 4 atom stereocenters. The van der Waals surface area contributed by atoms with Gasteiger partial charge in [-0.15, -0.1) is 0 Å². The lowest BCUT2D eigenvalue weighted by Gasteiger charge is -2.45. The van der Waals surface area contributed by atoms with Crippen molar-refractivity contribution in [1.29, 1.82) is 0 Å². The van der Waals surface area contributed by atoms with Crippen LogP contribution in [0.2, 0.25) is 0 Å². The molecule has 4 unspecified atom stereocenters. The van der Waals surface area contributed by atoms with E-state index >= 15 is 0 Å². The normalized spacial score (nSPS) is 18.8. The van der Waals surface area contributed by atoms with Crippen LogP contribution in [-0.4, -0.2) is 32.7 Å². The lowest BCUT2D eigenvalue weighted by Crippen LogP contribution is -2.43. The molecule has 0 aliphatic heterocycles. The van der Waals surface area contributed by atoms with Gasteiger partial charge in [0.05, 0.1) is 12.2 Å². The molecule has 0 heterocycles. The average molecular weight is 627 g/mol. The molecule has 0 aromatic rings. The number of ether oxygens (including phenoxy) is 1. The molecule has 0 saturated heterocycles. The molecule has 0 aromatic carbocycles. The van der Waals surface area contributed by atoms with Crippen LogP contribution in [0.5, 0.6) is 0 Å². The van der Waals surface area contributed by atoms with Crippen molar-refractivity contribution < 1.29 is 32.7 Å². The molecule has 0 aliphatic carbocycles. The van der Waals surface area contributed by atoms with E-state index in [2.05, 4.69) is 20.8 Å². The van der Waals surface area contributed by atoms with E-state index in [0.717, 1.165) is 64.2 Å². The summed E-state index contributed by atoms with van der Waals surface area (Å²) in [5.74, 6) is 0. The fourth-order valence-corrected chi connectivity index (χ4v) is 9.33. The predicted molar refractivity (Wildman–Crippen MR) is 174 cm³/mol. The zero-order chi connectivity index (χ0) is 31.8. The Hall–Kier alpha value is 0.260. The van der Waals surface area contributed by atoms with Crippen molar-refractivity contribution in [1.82, 2.24) is 0 Å². The van der Waals surface area contributed by atoms with Gasteiger partial charge >= 0.3 is 15.2 Å². The minimum Gasteiger partial charge on any atom is -0.356 e. The minimum absolute atomic E-state index is 0.0586. The fourth-order valence-electron chi connectivity index (χ4n) is 5.38. The van der Waals surface area contributed by atoms with Gasteiger partial charge < -0.3 is 19.0 Å². The van der Waals surface area contributed by atoms with E-state index < -0.39 is 31.5 Å². The van der Waals surface area contributed by atoms with Crippen LogP contribution in [0.15, 0.2) is 0 Å². The summed E-state index contributed by atoms with van der Waals surface area (Å²) in [5.41, 5.74) is -0.904. The van der Waals surface area contributed by atoms with Crippen molar-refractivity contribution in [2.45, 2.75) is 195 Å². The van der Waals surface area contributed by atoms with E-state index in [0.29, 0.717) is 0 Å². The van der Waals surface area contributed by atoms with Crippen molar-refractivity contribution in [3.63, 3.8) is 0 Å². The summed E-state index contributed by atoms with van der Waals surface area (Å²) in [6, 6.07) is 0. The van der Waals surface area contributed by atoms with Crippen molar-refractivity contribution in [2.75, 3.05) is 6.61 Å². The minimum atomic E-state index is -4.57. The van der Waals surface area contributed by atoms with Crippen molar-refractivity contribution in [3.05, 3.63) is 0 Å². The molecular weight excluding hydrogens is 558 g/mol. The number of unbranched alkanes of at least 4 members (excludes halogenated alkanes) is 8. The van der Waals surface area contributed by atoms with E-state index in [1.165, 1.54) is 25.7 Å². The summed E-state index contributed by atoms with van der Waals surface area (Å²) in [4.78, 5) is 22.8. The van der Waals surface area contributed by atoms with Gasteiger partial charge in [-0.05, 0) is 57.8 Å². The van der Waals surface area contributed by atoms with Crippen LogP contribution in [0.3, 0.4) is 0 Å². The molecule has 41 heavy (non-hydrogen) atoms. The Bertz CT molecular complexity index is 799. The Labute approximate surface area is 254 Å². The molecule has 0 bridgehead atoms. The van der Waals surface area contributed by atoms with E-state index in [1.807, 2.05) is 27.7 Å². The summed E-state index contributed by atoms with van der Waals surface area (Å²) >= 11 is 0. The maximum atomic E-state index is 14.1. The van der Waals surface area contributed by atoms with Crippen molar-refractivity contribution in [3.8, 4) is 0 Å². The summed E-state index contributed by atoms with van der Waals surface area (Å²) in [6.45, 7) is 19.5. The zero-order valence-corrected chi connectivity index (χ0v) is 30.3. The second-order valence-corrected chi connectivity index (χ2v) is 17.7.